The second-order valence-corrected chi connectivity index (χ2v) is 8.30. The molecule has 3 N–H and O–H groups in total. The Balaban J connectivity index is 0.00000324. The third kappa shape index (κ3) is 6.56. The van der Waals surface area contributed by atoms with E-state index in [-0.39, 0.29) is 19.6 Å². The first kappa shape index (κ1) is 25.2. The van der Waals surface area contributed by atoms with E-state index in [1.165, 1.54) is 6.20 Å². The largest absolute Gasteiger partial charge is 0.355 e. The summed E-state index contributed by atoms with van der Waals surface area (Å²) in [5.74, 6) is 0.638. The Morgan fingerprint density at radius 1 is 1.00 bits per heavy atom. The van der Waals surface area contributed by atoms with Gasteiger partial charge < -0.3 is 16.0 Å². The minimum atomic E-state index is -0.403. The number of aromatic nitrogens is 1. The molecule has 1 aliphatic heterocycles. The predicted molar refractivity (Wildman–Crippen MR) is 137 cm³/mol. The molecule has 2 aromatic carbocycles. The van der Waals surface area contributed by atoms with Gasteiger partial charge in [0.2, 0.25) is 0 Å². The molecule has 176 valence electrons. The van der Waals surface area contributed by atoms with Gasteiger partial charge >= 0.3 is 0 Å². The van der Waals surface area contributed by atoms with Gasteiger partial charge in [0.15, 0.2) is 11.7 Å². The minimum Gasteiger partial charge on any atom is -0.355 e. The van der Waals surface area contributed by atoms with Crippen molar-refractivity contribution in [2.45, 2.75) is 20.4 Å². The van der Waals surface area contributed by atoms with Gasteiger partial charge in [0.25, 0.3) is 5.91 Å². The predicted octanol–water partition coefficient (Wildman–Crippen LogP) is 4.75. The van der Waals surface area contributed by atoms with Crippen LogP contribution in [0.3, 0.4) is 0 Å². The average molecular weight is 498 g/mol. The zero-order chi connectivity index (χ0) is 23.2. The Morgan fingerprint density at radius 2 is 1.76 bits per heavy atom. The van der Waals surface area contributed by atoms with Crippen molar-refractivity contribution in [3.05, 3.63) is 93.1 Å². The van der Waals surface area contributed by atoms with Crippen LogP contribution < -0.4 is 16.0 Å². The molecule has 1 amide bonds. The first-order valence-corrected chi connectivity index (χ1v) is 11.1. The summed E-state index contributed by atoms with van der Waals surface area (Å²) in [5.41, 5.74) is 2.49. The highest BCUT2D eigenvalue weighted by atomic mass is 35.5. The number of carbonyl (C=O) groups is 2. The van der Waals surface area contributed by atoms with Crippen LogP contribution in [0.4, 0.5) is 5.82 Å². The Kier molecular flexibility index (Phi) is 8.62. The van der Waals surface area contributed by atoms with Crippen molar-refractivity contribution in [3.63, 3.8) is 0 Å². The quantitative estimate of drug-likeness (QED) is 0.409. The molecule has 0 saturated heterocycles. The monoisotopic (exact) mass is 497 g/mol. The molecule has 7 nitrogen and oxygen atoms in total. The van der Waals surface area contributed by atoms with Gasteiger partial charge in [-0.25, -0.2) is 4.98 Å². The number of pyridine rings is 1. The summed E-state index contributed by atoms with van der Waals surface area (Å²) >= 11 is 12.0. The topological polar surface area (TPSA) is 95.5 Å². The molecule has 9 heteroatoms. The van der Waals surface area contributed by atoms with Gasteiger partial charge in [-0.2, -0.15) is 0 Å². The van der Waals surface area contributed by atoms with E-state index in [4.69, 9.17) is 23.2 Å². The molecule has 0 spiro atoms. The van der Waals surface area contributed by atoms with Crippen molar-refractivity contribution in [1.82, 2.24) is 15.6 Å². The van der Waals surface area contributed by atoms with E-state index in [0.29, 0.717) is 39.1 Å². The maximum atomic E-state index is 12.9. The number of carbonyl (C=O) groups excluding carboxylic acids is 2. The first-order chi connectivity index (χ1) is 16.0. The van der Waals surface area contributed by atoms with Crippen molar-refractivity contribution in [2.75, 3.05) is 18.4 Å². The molecular weight excluding hydrogens is 473 g/mol. The van der Waals surface area contributed by atoms with E-state index in [1.54, 1.807) is 42.5 Å². The second kappa shape index (κ2) is 11.6. The van der Waals surface area contributed by atoms with E-state index in [0.717, 1.165) is 24.6 Å². The number of Topliss-reactive ketones (excluding diaryl/α,β-unsaturated/α-hetero) is 1. The van der Waals surface area contributed by atoms with Crippen molar-refractivity contribution < 1.29 is 9.59 Å². The Bertz CT molecular complexity index is 1190. The highest BCUT2D eigenvalue weighted by molar-refractivity contribution is 6.31. The van der Waals surface area contributed by atoms with Gasteiger partial charge in [0.1, 0.15) is 5.82 Å². The fraction of sp³-hybridized carbons (Fsp3) is 0.200. The summed E-state index contributed by atoms with van der Waals surface area (Å²) < 4.78 is 0. The third-order valence-electron chi connectivity index (χ3n) is 5.05. The van der Waals surface area contributed by atoms with Crippen molar-refractivity contribution in [1.29, 1.82) is 0 Å². The number of guanidine groups is 1. The van der Waals surface area contributed by atoms with Gasteiger partial charge in [0.05, 0.1) is 11.6 Å². The number of nitrogens with one attached hydrogen (secondary N) is 3. The molecule has 3 aromatic rings. The number of amides is 1. The molecule has 0 saturated carbocycles. The van der Waals surface area contributed by atoms with Gasteiger partial charge in [-0.3, -0.25) is 14.6 Å². The zero-order valence-electron chi connectivity index (χ0n) is 17.6. The Hall–Kier alpha value is -3.42. The van der Waals surface area contributed by atoms with E-state index in [1.807, 2.05) is 12.1 Å². The molecule has 4 rings (SSSR count). The minimum absolute atomic E-state index is 0. The average Bonchev–Trinajstić information content (AvgIpc) is 3.34. The van der Waals surface area contributed by atoms with Crippen LogP contribution in [0.5, 0.6) is 0 Å². The number of nitrogens with zero attached hydrogens (tertiary/aromatic N) is 2. The summed E-state index contributed by atoms with van der Waals surface area (Å²) in [5, 5.41) is 9.95. The molecule has 0 atom stereocenters. The second-order valence-electron chi connectivity index (χ2n) is 7.42. The number of anilines is 1. The molecule has 1 aliphatic rings. The summed E-state index contributed by atoms with van der Waals surface area (Å²) in [4.78, 5) is 34.1. The Labute approximate surface area is 208 Å². The molecule has 34 heavy (non-hydrogen) atoms. The summed E-state index contributed by atoms with van der Waals surface area (Å²) in [6.07, 6.45) is 1.50. The Morgan fingerprint density at radius 3 is 2.44 bits per heavy atom. The molecule has 0 radical (unpaired) electrons. The van der Waals surface area contributed by atoms with Gasteiger partial charge in [0, 0.05) is 41.9 Å². The van der Waals surface area contributed by atoms with E-state index in [2.05, 4.69) is 25.9 Å². The van der Waals surface area contributed by atoms with Crippen LogP contribution in [-0.4, -0.2) is 35.7 Å². The zero-order valence-corrected chi connectivity index (χ0v) is 19.1. The first-order valence-electron chi connectivity index (χ1n) is 10.3. The number of hydrogen-bond acceptors (Lipinski definition) is 6. The lowest BCUT2D eigenvalue weighted by Gasteiger charge is -2.11. The molecule has 2 heterocycles. The third-order valence-corrected chi connectivity index (χ3v) is 5.51. The lowest BCUT2D eigenvalue weighted by molar-refractivity contribution is 0.0992. The van der Waals surface area contributed by atoms with Gasteiger partial charge in [-0.05, 0) is 35.4 Å². The lowest BCUT2D eigenvalue weighted by Crippen LogP contribution is -2.33. The smallest absolute Gasteiger partial charge is 0.257 e. The highest BCUT2D eigenvalue weighted by Crippen LogP contribution is 2.20. The maximum Gasteiger partial charge on any atom is 0.257 e. The van der Waals surface area contributed by atoms with E-state index < -0.39 is 5.91 Å². The van der Waals surface area contributed by atoms with Crippen LogP contribution >= 0.6 is 23.2 Å². The van der Waals surface area contributed by atoms with E-state index >= 15 is 0 Å². The maximum absolute atomic E-state index is 12.9. The van der Waals surface area contributed by atoms with E-state index in [9.17, 15) is 9.59 Å². The van der Waals surface area contributed by atoms with Crippen LogP contribution in [0, 0.1) is 0 Å². The number of halogens is 2. The van der Waals surface area contributed by atoms with Crippen LogP contribution in [0.2, 0.25) is 10.0 Å². The van der Waals surface area contributed by atoms with Crippen LogP contribution in [-0.2, 0) is 13.0 Å². The molecule has 0 fully saturated rings. The summed E-state index contributed by atoms with van der Waals surface area (Å²) in [6, 6.07) is 15.5. The number of aliphatic imine (C=N–C) groups is 1. The standard InChI is InChI=1S/C24H21Cl2N5O2.CH4/c25-18-6-5-17(20(12-18)23(33)31-22-8-7-19(26)14-29-22)11-21(32)16-3-1-15(2-4-16)13-30-24-27-9-10-28-24;/h1-8,12,14H,9-11,13H2,(H2,27,28,30)(H,29,31,33);1H4. The molecule has 0 bridgehead atoms. The molecule has 1 aromatic heterocycles. The van der Waals surface area contributed by atoms with Crippen molar-refractivity contribution >= 4 is 46.7 Å². The van der Waals surface area contributed by atoms with Crippen LogP contribution in [0.1, 0.15) is 39.3 Å². The number of hydrogen-bond donors (Lipinski definition) is 3. The van der Waals surface area contributed by atoms with Crippen LogP contribution in [0.15, 0.2) is 65.8 Å². The normalized spacial score (nSPS) is 12.2. The molecular formula is C25H25Cl2N5O2. The van der Waals surface area contributed by atoms with Gasteiger partial charge in [-0.1, -0.05) is 61.0 Å². The van der Waals surface area contributed by atoms with Crippen LogP contribution in [0.25, 0.3) is 0 Å². The molecule has 0 unspecified atom stereocenters. The van der Waals surface area contributed by atoms with Crippen molar-refractivity contribution in [3.8, 4) is 0 Å². The summed E-state index contributed by atoms with van der Waals surface area (Å²) in [6.45, 7) is 2.23. The molecule has 0 aliphatic carbocycles. The summed E-state index contributed by atoms with van der Waals surface area (Å²) in [7, 11) is 0. The highest BCUT2D eigenvalue weighted by Gasteiger charge is 2.17. The fourth-order valence-electron chi connectivity index (χ4n) is 3.33. The lowest BCUT2D eigenvalue weighted by atomic mass is 9.97. The number of ketones is 1. The number of rotatable bonds is 7. The van der Waals surface area contributed by atoms with Gasteiger partial charge in [-0.15, -0.1) is 0 Å². The SMILES string of the molecule is C.O=C(Cc1ccc(Cl)cc1C(=O)Nc1ccc(Cl)cn1)c1ccc(CNC2=NCCN2)cc1. The number of benzene rings is 2. The fourth-order valence-corrected chi connectivity index (χ4v) is 3.62. The van der Waals surface area contributed by atoms with Crippen molar-refractivity contribution in [2.24, 2.45) is 4.99 Å².